The van der Waals surface area contributed by atoms with Crippen molar-refractivity contribution >= 4 is 22.4 Å². The van der Waals surface area contributed by atoms with E-state index in [1.807, 2.05) is 39.1 Å². The van der Waals surface area contributed by atoms with Crippen LogP contribution >= 0.6 is 0 Å². The second-order valence-electron chi connectivity index (χ2n) is 5.58. The highest BCUT2D eigenvalue weighted by molar-refractivity contribution is 5.94. The van der Waals surface area contributed by atoms with Crippen LogP contribution in [-0.2, 0) is 18.3 Å². The summed E-state index contributed by atoms with van der Waals surface area (Å²) < 4.78 is 1.78. The van der Waals surface area contributed by atoms with Gasteiger partial charge in [0.05, 0.1) is 23.5 Å². The molecule has 0 unspecified atom stereocenters. The first-order valence-electron chi connectivity index (χ1n) is 7.32. The Morgan fingerprint density at radius 3 is 2.55 bits per heavy atom. The first-order valence-corrected chi connectivity index (χ1v) is 7.32. The van der Waals surface area contributed by atoms with Crippen molar-refractivity contribution in [3.05, 3.63) is 59.4 Å². The van der Waals surface area contributed by atoms with Crippen LogP contribution in [0.1, 0.15) is 17.0 Å². The van der Waals surface area contributed by atoms with E-state index in [0.717, 1.165) is 28.0 Å². The highest BCUT2D eigenvalue weighted by Gasteiger charge is 2.12. The third-order valence-corrected chi connectivity index (χ3v) is 3.95. The van der Waals surface area contributed by atoms with Crippen molar-refractivity contribution in [2.45, 2.75) is 20.3 Å². The average Bonchev–Trinajstić information content (AvgIpc) is 2.73. The van der Waals surface area contributed by atoms with Gasteiger partial charge >= 0.3 is 0 Å². The van der Waals surface area contributed by atoms with Gasteiger partial charge in [0.1, 0.15) is 0 Å². The summed E-state index contributed by atoms with van der Waals surface area (Å²) in [5, 5.41) is 9.63. The minimum Gasteiger partial charge on any atom is -0.323 e. The topological polar surface area (TPSA) is 46.9 Å². The SMILES string of the molecule is Cc1nn(C)c(C)c1NC(=O)Cc1ccc2ccccc2c1. The molecule has 112 valence electrons. The Morgan fingerprint density at radius 2 is 1.86 bits per heavy atom. The van der Waals surface area contributed by atoms with Crippen LogP contribution in [0.4, 0.5) is 5.69 Å². The molecule has 0 saturated heterocycles. The van der Waals surface area contributed by atoms with E-state index in [1.165, 1.54) is 5.39 Å². The fourth-order valence-corrected chi connectivity index (χ4v) is 2.67. The lowest BCUT2D eigenvalue weighted by Gasteiger charge is -2.07. The maximum atomic E-state index is 12.3. The number of fused-ring (bicyclic) bond motifs is 1. The maximum absolute atomic E-state index is 12.3. The fourth-order valence-electron chi connectivity index (χ4n) is 2.67. The van der Waals surface area contributed by atoms with Gasteiger partial charge in [-0.15, -0.1) is 0 Å². The second kappa shape index (κ2) is 5.64. The van der Waals surface area contributed by atoms with Gasteiger partial charge in [0, 0.05) is 7.05 Å². The molecule has 0 aliphatic carbocycles. The Labute approximate surface area is 129 Å². The lowest BCUT2D eigenvalue weighted by molar-refractivity contribution is -0.115. The normalized spacial score (nSPS) is 10.9. The lowest BCUT2D eigenvalue weighted by Crippen LogP contribution is -2.15. The van der Waals surface area contributed by atoms with Gasteiger partial charge in [-0.25, -0.2) is 0 Å². The van der Waals surface area contributed by atoms with Crippen LogP contribution in [0.3, 0.4) is 0 Å². The molecule has 2 aromatic carbocycles. The number of rotatable bonds is 3. The van der Waals surface area contributed by atoms with E-state index in [2.05, 4.69) is 34.7 Å². The number of nitrogens with zero attached hydrogens (tertiary/aromatic N) is 2. The number of benzene rings is 2. The van der Waals surface area contributed by atoms with Crippen LogP contribution in [0.25, 0.3) is 10.8 Å². The molecular formula is C18H19N3O. The number of carbonyl (C=O) groups excluding carboxylic acids is 1. The van der Waals surface area contributed by atoms with Crippen LogP contribution in [0, 0.1) is 13.8 Å². The first-order chi connectivity index (χ1) is 10.5. The summed E-state index contributed by atoms with van der Waals surface area (Å²) in [6.07, 6.45) is 0.360. The predicted octanol–water partition coefficient (Wildman–Crippen LogP) is 3.37. The van der Waals surface area contributed by atoms with Gasteiger partial charge in [-0.2, -0.15) is 5.10 Å². The van der Waals surface area contributed by atoms with Crippen LogP contribution in [-0.4, -0.2) is 15.7 Å². The molecule has 4 heteroatoms. The third kappa shape index (κ3) is 2.72. The van der Waals surface area contributed by atoms with Crippen molar-refractivity contribution < 1.29 is 4.79 Å². The predicted molar refractivity (Wildman–Crippen MR) is 89.0 cm³/mol. The van der Waals surface area contributed by atoms with Crippen molar-refractivity contribution in [1.82, 2.24) is 9.78 Å². The molecule has 0 aliphatic rings. The summed E-state index contributed by atoms with van der Waals surface area (Å²) in [4.78, 5) is 12.3. The summed E-state index contributed by atoms with van der Waals surface area (Å²) in [6.45, 7) is 3.85. The van der Waals surface area contributed by atoms with Crippen molar-refractivity contribution in [1.29, 1.82) is 0 Å². The molecule has 1 amide bonds. The Balaban J connectivity index is 1.78. The number of aryl methyl sites for hydroxylation is 2. The molecule has 4 nitrogen and oxygen atoms in total. The van der Waals surface area contributed by atoms with Crippen LogP contribution in [0.2, 0.25) is 0 Å². The van der Waals surface area contributed by atoms with Crippen molar-refractivity contribution in [2.24, 2.45) is 7.05 Å². The molecule has 1 heterocycles. The van der Waals surface area contributed by atoms with E-state index < -0.39 is 0 Å². The van der Waals surface area contributed by atoms with Gasteiger partial charge in [0.15, 0.2) is 0 Å². The van der Waals surface area contributed by atoms with Gasteiger partial charge in [-0.1, -0.05) is 42.5 Å². The minimum absolute atomic E-state index is 0.0190. The number of hydrogen-bond acceptors (Lipinski definition) is 2. The first kappa shape index (κ1) is 14.3. The summed E-state index contributed by atoms with van der Waals surface area (Å²) >= 11 is 0. The molecule has 0 atom stereocenters. The van der Waals surface area contributed by atoms with Gasteiger partial charge < -0.3 is 5.32 Å². The third-order valence-electron chi connectivity index (χ3n) is 3.95. The van der Waals surface area contributed by atoms with E-state index in [1.54, 1.807) is 4.68 Å². The maximum Gasteiger partial charge on any atom is 0.228 e. The minimum atomic E-state index is -0.0190. The Kier molecular flexibility index (Phi) is 3.67. The second-order valence-corrected chi connectivity index (χ2v) is 5.58. The summed E-state index contributed by atoms with van der Waals surface area (Å²) in [5.41, 5.74) is 3.62. The zero-order chi connectivity index (χ0) is 15.7. The standard InChI is InChI=1S/C18H19N3O/c1-12-18(13(2)21(3)20-12)19-17(22)11-14-8-9-15-6-4-5-7-16(15)10-14/h4-10H,11H2,1-3H3,(H,19,22). The molecule has 3 aromatic rings. The molecular weight excluding hydrogens is 274 g/mol. The zero-order valence-electron chi connectivity index (χ0n) is 13.1. The largest absolute Gasteiger partial charge is 0.323 e. The monoisotopic (exact) mass is 293 g/mol. The summed E-state index contributed by atoms with van der Waals surface area (Å²) in [6, 6.07) is 14.3. The molecule has 0 spiro atoms. The van der Waals surface area contributed by atoms with Crippen molar-refractivity contribution in [2.75, 3.05) is 5.32 Å². The number of carbonyl (C=O) groups is 1. The zero-order valence-corrected chi connectivity index (χ0v) is 13.1. The van der Waals surface area contributed by atoms with E-state index in [-0.39, 0.29) is 5.91 Å². The summed E-state index contributed by atoms with van der Waals surface area (Å²) in [5.74, 6) is -0.0190. The average molecular weight is 293 g/mol. The molecule has 0 saturated carbocycles. The van der Waals surface area contributed by atoms with E-state index in [0.29, 0.717) is 6.42 Å². The number of hydrogen-bond donors (Lipinski definition) is 1. The van der Waals surface area contributed by atoms with E-state index >= 15 is 0 Å². The molecule has 22 heavy (non-hydrogen) atoms. The van der Waals surface area contributed by atoms with Crippen molar-refractivity contribution in [3.8, 4) is 0 Å². The Bertz CT molecular complexity index is 849. The number of amides is 1. The van der Waals surface area contributed by atoms with Gasteiger partial charge in [-0.05, 0) is 30.2 Å². The van der Waals surface area contributed by atoms with Crippen LogP contribution in [0.15, 0.2) is 42.5 Å². The van der Waals surface area contributed by atoms with Crippen LogP contribution in [0.5, 0.6) is 0 Å². The highest BCUT2D eigenvalue weighted by atomic mass is 16.1. The molecule has 0 fully saturated rings. The van der Waals surface area contributed by atoms with E-state index in [9.17, 15) is 4.79 Å². The lowest BCUT2D eigenvalue weighted by atomic mass is 10.0. The molecule has 0 radical (unpaired) electrons. The Hall–Kier alpha value is -2.62. The molecule has 0 aliphatic heterocycles. The smallest absolute Gasteiger partial charge is 0.228 e. The van der Waals surface area contributed by atoms with Crippen LogP contribution < -0.4 is 5.32 Å². The quantitative estimate of drug-likeness (QED) is 0.805. The Morgan fingerprint density at radius 1 is 1.14 bits per heavy atom. The highest BCUT2D eigenvalue weighted by Crippen LogP contribution is 2.20. The van der Waals surface area contributed by atoms with Gasteiger partial charge in [0.25, 0.3) is 0 Å². The number of aromatic nitrogens is 2. The molecule has 1 aromatic heterocycles. The van der Waals surface area contributed by atoms with E-state index in [4.69, 9.17) is 0 Å². The molecule has 0 bridgehead atoms. The number of nitrogens with one attached hydrogen (secondary N) is 1. The molecule has 1 N–H and O–H groups in total. The van der Waals surface area contributed by atoms with Gasteiger partial charge in [-0.3, -0.25) is 9.48 Å². The summed E-state index contributed by atoms with van der Waals surface area (Å²) in [7, 11) is 1.88. The number of anilines is 1. The van der Waals surface area contributed by atoms with Gasteiger partial charge in [0.2, 0.25) is 5.91 Å². The molecule has 3 rings (SSSR count). The van der Waals surface area contributed by atoms with Crippen molar-refractivity contribution in [3.63, 3.8) is 0 Å². The fraction of sp³-hybridized carbons (Fsp3) is 0.222.